The quantitative estimate of drug-likeness (QED) is 0.804. The van der Waals surface area contributed by atoms with Crippen LogP contribution in [0.4, 0.5) is 10.1 Å². The fraction of sp³-hybridized carbons (Fsp3) is 0.0625. The lowest BCUT2D eigenvalue weighted by Gasteiger charge is -2.05. The lowest BCUT2D eigenvalue weighted by molar-refractivity contribution is 0.102. The number of nitrogens with one attached hydrogen (secondary N) is 1. The van der Waals surface area contributed by atoms with Crippen LogP contribution in [-0.4, -0.2) is 16.0 Å². The summed E-state index contributed by atoms with van der Waals surface area (Å²) in [5, 5.41) is 6.66. The predicted molar refractivity (Wildman–Crippen MR) is 78.8 cm³/mol. The van der Waals surface area contributed by atoms with Gasteiger partial charge in [0.05, 0.1) is 0 Å². The van der Waals surface area contributed by atoms with Gasteiger partial charge in [-0.15, -0.1) is 0 Å². The van der Waals surface area contributed by atoms with E-state index in [0.29, 0.717) is 28.3 Å². The van der Waals surface area contributed by atoms with Crippen molar-refractivity contribution < 1.29 is 13.7 Å². The Morgan fingerprint density at radius 3 is 2.50 bits per heavy atom. The van der Waals surface area contributed by atoms with Crippen LogP contribution in [0.5, 0.6) is 0 Å². The van der Waals surface area contributed by atoms with Crippen molar-refractivity contribution in [2.45, 2.75) is 6.92 Å². The fourth-order valence-electron chi connectivity index (χ4n) is 2.07. The van der Waals surface area contributed by atoms with E-state index in [4.69, 9.17) is 4.52 Å². The van der Waals surface area contributed by atoms with Crippen LogP contribution in [0.25, 0.3) is 11.3 Å². The maximum absolute atomic E-state index is 13.0. The number of rotatable bonds is 3. The van der Waals surface area contributed by atoms with Crippen LogP contribution < -0.4 is 5.32 Å². The summed E-state index contributed by atoms with van der Waals surface area (Å²) in [6, 6.07) is 9.08. The lowest BCUT2D eigenvalue weighted by atomic mass is 10.1. The van der Waals surface area contributed by atoms with E-state index in [-0.39, 0.29) is 11.7 Å². The number of hydrogen-bond acceptors (Lipinski definition) is 4. The third-order valence-electron chi connectivity index (χ3n) is 3.15. The molecule has 0 aliphatic heterocycles. The average molecular weight is 297 g/mol. The second kappa shape index (κ2) is 5.77. The smallest absolute Gasteiger partial charge is 0.261 e. The largest absolute Gasteiger partial charge is 0.360 e. The van der Waals surface area contributed by atoms with Crippen molar-refractivity contribution in [3.8, 4) is 11.3 Å². The Kier molecular flexibility index (Phi) is 3.65. The van der Waals surface area contributed by atoms with Gasteiger partial charge in [-0.25, -0.2) is 4.39 Å². The van der Waals surface area contributed by atoms with E-state index >= 15 is 0 Å². The molecule has 1 aromatic carbocycles. The highest BCUT2D eigenvalue weighted by Crippen LogP contribution is 2.26. The minimum Gasteiger partial charge on any atom is -0.360 e. The molecule has 0 aliphatic rings. The summed E-state index contributed by atoms with van der Waals surface area (Å²) < 4.78 is 18.1. The molecular formula is C16H12FN3O2. The predicted octanol–water partition coefficient (Wildman–Crippen LogP) is 3.44. The number of amides is 1. The number of aryl methyl sites for hydroxylation is 1. The maximum atomic E-state index is 13.0. The number of benzene rings is 1. The van der Waals surface area contributed by atoms with Crippen molar-refractivity contribution in [2.75, 3.05) is 5.32 Å². The Labute approximate surface area is 125 Å². The van der Waals surface area contributed by atoms with Crippen molar-refractivity contribution >= 4 is 11.6 Å². The summed E-state index contributed by atoms with van der Waals surface area (Å²) in [6.45, 7) is 1.65. The van der Waals surface area contributed by atoms with E-state index in [0.717, 1.165) is 0 Å². The number of nitrogens with zero attached hydrogens (tertiary/aromatic N) is 2. The van der Waals surface area contributed by atoms with Crippen LogP contribution in [0.1, 0.15) is 16.1 Å². The highest BCUT2D eigenvalue weighted by atomic mass is 19.1. The van der Waals surface area contributed by atoms with Crippen LogP contribution in [0.2, 0.25) is 0 Å². The molecule has 3 rings (SSSR count). The van der Waals surface area contributed by atoms with E-state index in [1.807, 2.05) is 0 Å². The molecule has 0 spiro atoms. The fourth-order valence-corrected chi connectivity index (χ4v) is 2.07. The van der Waals surface area contributed by atoms with Crippen LogP contribution >= 0.6 is 0 Å². The van der Waals surface area contributed by atoms with Crippen LogP contribution in [-0.2, 0) is 0 Å². The molecule has 0 unspecified atom stereocenters. The molecule has 0 atom stereocenters. The van der Waals surface area contributed by atoms with Crippen molar-refractivity contribution in [1.82, 2.24) is 10.1 Å². The van der Waals surface area contributed by atoms with E-state index in [1.165, 1.54) is 12.1 Å². The first kappa shape index (κ1) is 13.9. The van der Waals surface area contributed by atoms with Crippen LogP contribution in [0.15, 0.2) is 53.3 Å². The van der Waals surface area contributed by atoms with Gasteiger partial charge in [-0.05, 0) is 43.3 Å². The highest BCUT2D eigenvalue weighted by Gasteiger charge is 2.21. The first-order valence-electron chi connectivity index (χ1n) is 6.59. The van der Waals surface area contributed by atoms with E-state index in [9.17, 15) is 9.18 Å². The minimum absolute atomic E-state index is 0.323. The number of carbonyl (C=O) groups is 1. The van der Waals surface area contributed by atoms with E-state index in [1.54, 1.807) is 43.6 Å². The first-order valence-corrected chi connectivity index (χ1v) is 6.59. The van der Waals surface area contributed by atoms with E-state index in [2.05, 4.69) is 15.5 Å². The van der Waals surface area contributed by atoms with Gasteiger partial charge in [0.2, 0.25) is 0 Å². The molecule has 110 valence electrons. The van der Waals surface area contributed by atoms with Gasteiger partial charge in [0.1, 0.15) is 22.8 Å². The Morgan fingerprint density at radius 2 is 1.82 bits per heavy atom. The summed E-state index contributed by atoms with van der Waals surface area (Å²) in [5.74, 6) is -0.304. The van der Waals surface area contributed by atoms with Crippen molar-refractivity contribution in [2.24, 2.45) is 0 Å². The topological polar surface area (TPSA) is 68.0 Å². The number of halogens is 1. The summed E-state index contributed by atoms with van der Waals surface area (Å²) in [7, 11) is 0. The number of carbonyl (C=O) groups excluding carboxylic acids is 1. The molecule has 1 amide bonds. The van der Waals surface area contributed by atoms with Crippen LogP contribution in [0.3, 0.4) is 0 Å². The SMILES string of the molecule is Cc1onc(-c2ccc(F)cc2)c1C(=O)Nc1ccncc1. The maximum Gasteiger partial charge on any atom is 0.261 e. The molecule has 0 radical (unpaired) electrons. The van der Waals surface area contributed by atoms with Gasteiger partial charge in [0.15, 0.2) is 0 Å². The molecular weight excluding hydrogens is 285 g/mol. The summed E-state index contributed by atoms with van der Waals surface area (Å²) >= 11 is 0. The lowest BCUT2D eigenvalue weighted by Crippen LogP contribution is -2.13. The van der Waals surface area contributed by atoms with Crippen molar-refractivity contribution in [3.63, 3.8) is 0 Å². The molecule has 0 bridgehead atoms. The molecule has 3 aromatic rings. The van der Waals surface area contributed by atoms with Gasteiger partial charge in [-0.1, -0.05) is 5.16 Å². The highest BCUT2D eigenvalue weighted by molar-refractivity contribution is 6.08. The zero-order valence-corrected chi connectivity index (χ0v) is 11.7. The van der Waals surface area contributed by atoms with E-state index < -0.39 is 0 Å². The minimum atomic E-state index is -0.355. The third-order valence-corrected chi connectivity index (χ3v) is 3.15. The normalized spacial score (nSPS) is 10.5. The molecule has 0 fully saturated rings. The van der Waals surface area contributed by atoms with Crippen LogP contribution in [0, 0.1) is 12.7 Å². The molecule has 2 aromatic heterocycles. The Hall–Kier alpha value is -3.02. The third kappa shape index (κ3) is 2.71. The number of anilines is 1. The molecule has 5 nitrogen and oxygen atoms in total. The second-order valence-corrected chi connectivity index (χ2v) is 4.66. The van der Waals surface area contributed by atoms with Gasteiger partial charge in [0, 0.05) is 23.6 Å². The standard InChI is InChI=1S/C16H12FN3O2/c1-10-14(16(21)19-13-6-8-18-9-7-13)15(20-22-10)11-2-4-12(17)5-3-11/h2-9H,1H3,(H,18,19,21). The zero-order valence-electron chi connectivity index (χ0n) is 11.7. The molecule has 0 saturated heterocycles. The summed E-state index contributed by atoms with van der Waals surface area (Å²) in [6.07, 6.45) is 3.16. The number of pyridine rings is 1. The molecule has 0 saturated carbocycles. The monoisotopic (exact) mass is 297 g/mol. The summed E-state index contributed by atoms with van der Waals surface area (Å²) in [5.41, 5.74) is 1.93. The molecule has 6 heteroatoms. The second-order valence-electron chi connectivity index (χ2n) is 4.66. The van der Waals surface area contributed by atoms with Crippen molar-refractivity contribution in [1.29, 1.82) is 0 Å². The Morgan fingerprint density at radius 1 is 1.14 bits per heavy atom. The van der Waals surface area contributed by atoms with Gasteiger partial charge < -0.3 is 9.84 Å². The van der Waals surface area contributed by atoms with Gasteiger partial charge >= 0.3 is 0 Å². The molecule has 2 heterocycles. The molecule has 0 aliphatic carbocycles. The van der Waals surface area contributed by atoms with Crippen molar-refractivity contribution in [3.05, 3.63) is 65.9 Å². The average Bonchev–Trinajstić information content (AvgIpc) is 2.91. The Bertz CT molecular complexity index is 798. The number of hydrogen-bond donors (Lipinski definition) is 1. The van der Waals surface area contributed by atoms with Gasteiger partial charge in [0.25, 0.3) is 5.91 Å². The molecule has 1 N–H and O–H groups in total. The van der Waals surface area contributed by atoms with Gasteiger partial charge in [-0.3, -0.25) is 9.78 Å². The first-order chi connectivity index (χ1) is 10.6. The number of aromatic nitrogens is 2. The summed E-state index contributed by atoms with van der Waals surface area (Å²) in [4.78, 5) is 16.3. The zero-order chi connectivity index (χ0) is 15.5. The Balaban J connectivity index is 1.95. The van der Waals surface area contributed by atoms with Gasteiger partial charge in [-0.2, -0.15) is 0 Å². The molecule has 22 heavy (non-hydrogen) atoms.